The summed E-state index contributed by atoms with van der Waals surface area (Å²) < 4.78 is 2.05. The number of aryl methyl sites for hydroxylation is 1. The lowest BCUT2D eigenvalue weighted by Gasteiger charge is -2.41. The summed E-state index contributed by atoms with van der Waals surface area (Å²) in [6.07, 6.45) is 4.58. The summed E-state index contributed by atoms with van der Waals surface area (Å²) in [6, 6.07) is 12.8. The number of hydrogen-bond donors (Lipinski definition) is 2. The van der Waals surface area contributed by atoms with Gasteiger partial charge in [0.05, 0.1) is 16.6 Å². The standard InChI is InChI=1S/C26H33N3O3/c1-26(2,3)19-9-11-20(12-10-19)29(16-17-5-7-18(8-6-17)24(31)32)25-27-22-14-13-21(30)15-23(22)28(25)4/h5-8,13-15,19-20,30H,9-12,16H2,1-4H3,(H,31,32). The highest BCUT2D eigenvalue weighted by Crippen LogP contribution is 2.40. The zero-order chi connectivity index (χ0) is 23.0. The van der Waals surface area contributed by atoms with Gasteiger partial charge >= 0.3 is 5.97 Å². The molecule has 0 aliphatic heterocycles. The van der Waals surface area contributed by atoms with Gasteiger partial charge in [-0.3, -0.25) is 0 Å². The summed E-state index contributed by atoms with van der Waals surface area (Å²) in [5.41, 5.74) is 3.43. The van der Waals surface area contributed by atoms with Crippen molar-refractivity contribution < 1.29 is 15.0 Å². The third-order valence-corrected chi connectivity index (χ3v) is 7.01. The van der Waals surface area contributed by atoms with Gasteiger partial charge in [-0.2, -0.15) is 0 Å². The highest BCUT2D eigenvalue weighted by atomic mass is 16.4. The Labute approximate surface area is 189 Å². The maximum Gasteiger partial charge on any atom is 0.335 e. The van der Waals surface area contributed by atoms with Gasteiger partial charge in [0.1, 0.15) is 5.75 Å². The summed E-state index contributed by atoms with van der Waals surface area (Å²) in [6.45, 7) is 7.65. The third kappa shape index (κ3) is 4.45. The molecule has 0 amide bonds. The highest BCUT2D eigenvalue weighted by Gasteiger charge is 2.33. The largest absolute Gasteiger partial charge is 0.508 e. The van der Waals surface area contributed by atoms with E-state index in [1.54, 1.807) is 24.3 Å². The number of benzene rings is 2. The molecular formula is C26H33N3O3. The van der Waals surface area contributed by atoms with Crippen LogP contribution < -0.4 is 4.90 Å². The second kappa shape index (κ2) is 8.49. The van der Waals surface area contributed by atoms with Crippen molar-refractivity contribution in [3.8, 4) is 5.75 Å². The first-order chi connectivity index (χ1) is 15.1. The zero-order valence-corrected chi connectivity index (χ0v) is 19.4. The van der Waals surface area contributed by atoms with Crippen molar-refractivity contribution in [2.75, 3.05) is 4.90 Å². The van der Waals surface area contributed by atoms with E-state index in [2.05, 4.69) is 30.2 Å². The Morgan fingerprint density at radius 2 is 1.75 bits per heavy atom. The van der Waals surface area contributed by atoms with Crippen LogP contribution in [0.5, 0.6) is 5.75 Å². The molecule has 2 aromatic carbocycles. The number of carbonyl (C=O) groups is 1. The molecule has 0 spiro atoms. The van der Waals surface area contributed by atoms with Gasteiger partial charge in [0.2, 0.25) is 5.95 Å². The number of anilines is 1. The van der Waals surface area contributed by atoms with E-state index in [0.717, 1.165) is 35.4 Å². The van der Waals surface area contributed by atoms with E-state index in [9.17, 15) is 15.0 Å². The van der Waals surface area contributed by atoms with E-state index in [1.165, 1.54) is 12.8 Å². The van der Waals surface area contributed by atoms with Crippen LogP contribution in [0.25, 0.3) is 11.0 Å². The van der Waals surface area contributed by atoms with E-state index in [4.69, 9.17) is 4.98 Å². The molecule has 0 saturated heterocycles. The number of carboxylic acids is 1. The molecule has 0 bridgehead atoms. The van der Waals surface area contributed by atoms with E-state index in [-0.39, 0.29) is 5.75 Å². The second-order valence-electron chi connectivity index (χ2n) is 10.1. The van der Waals surface area contributed by atoms with Gasteiger partial charge in [-0.25, -0.2) is 9.78 Å². The first kappa shape index (κ1) is 22.2. The number of aromatic carboxylic acids is 1. The summed E-state index contributed by atoms with van der Waals surface area (Å²) in [7, 11) is 1.99. The lowest BCUT2D eigenvalue weighted by Crippen LogP contribution is -2.41. The third-order valence-electron chi connectivity index (χ3n) is 7.01. The normalized spacial score (nSPS) is 19.2. The molecule has 1 heterocycles. The SMILES string of the molecule is Cn1c(N(Cc2ccc(C(=O)O)cc2)C2CCC(C(C)(C)C)CC2)nc2ccc(O)cc21. The number of phenols is 1. The lowest BCUT2D eigenvalue weighted by atomic mass is 9.71. The Bertz CT molecular complexity index is 1100. The molecule has 32 heavy (non-hydrogen) atoms. The number of nitrogens with zero attached hydrogens (tertiary/aromatic N) is 3. The monoisotopic (exact) mass is 435 g/mol. The Hall–Kier alpha value is -3.02. The highest BCUT2D eigenvalue weighted by molar-refractivity contribution is 5.87. The Kier molecular flexibility index (Phi) is 5.89. The molecule has 0 atom stereocenters. The predicted molar refractivity (Wildman–Crippen MR) is 127 cm³/mol. The van der Waals surface area contributed by atoms with Gasteiger partial charge in [-0.1, -0.05) is 32.9 Å². The topological polar surface area (TPSA) is 78.6 Å². The molecule has 1 aromatic heterocycles. The molecule has 4 rings (SSSR count). The minimum atomic E-state index is -0.913. The van der Waals surface area contributed by atoms with E-state index < -0.39 is 5.97 Å². The van der Waals surface area contributed by atoms with E-state index in [0.29, 0.717) is 29.5 Å². The fourth-order valence-electron chi connectivity index (χ4n) is 4.99. The fourth-order valence-corrected chi connectivity index (χ4v) is 4.99. The summed E-state index contributed by atoms with van der Waals surface area (Å²) >= 11 is 0. The van der Waals surface area contributed by atoms with Crippen LogP contribution in [0.3, 0.4) is 0 Å². The number of fused-ring (bicyclic) bond motifs is 1. The number of carboxylic acid groups (broad SMARTS) is 1. The van der Waals surface area contributed by atoms with Crippen molar-refractivity contribution >= 4 is 23.0 Å². The molecule has 1 aliphatic rings. The minimum absolute atomic E-state index is 0.230. The smallest absolute Gasteiger partial charge is 0.335 e. The van der Waals surface area contributed by atoms with Crippen LogP contribution in [0.1, 0.15) is 62.4 Å². The number of aromatic hydroxyl groups is 1. The van der Waals surface area contributed by atoms with Crippen LogP contribution >= 0.6 is 0 Å². The number of imidazole rings is 1. The second-order valence-corrected chi connectivity index (χ2v) is 10.1. The summed E-state index contributed by atoms with van der Waals surface area (Å²) in [5, 5.41) is 19.2. The summed E-state index contributed by atoms with van der Waals surface area (Å²) in [4.78, 5) is 18.5. The predicted octanol–water partition coefficient (Wildman–Crippen LogP) is 5.59. The molecule has 0 radical (unpaired) electrons. The van der Waals surface area contributed by atoms with Crippen LogP contribution in [0.15, 0.2) is 42.5 Å². The van der Waals surface area contributed by atoms with Gasteiger partial charge < -0.3 is 19.7 Å². The Morgan fingerprint density at radius 1 is 1.09 bits per heavy atom. The molecule has 170 valence electrons. The van der Waals surface area contributed by atoms with Gasteiger partial charge in [0, 0.05) is 25.7 Å². The van der Waals surface area contributed by atoms with Crippen molar-refractivity contribution in [1.82, 2.24) is 9.55 Å². The first-order valence-corrected chi connectivity index (χ1v) is 11.4. The van der Waals surface area contributed by atoms with Crippen molar-refractivity contribution in [2.45, 2.75) is 59.0 Å². The van der Waals surface area contributed by atoms with Crippen molar-refractivity contribution in [3.63, 3.8) is 0 Å². The number of hydrogen-bond acceptors (Lipinski definition) is 4. The van der Waals surface area contributed by atoms with Crippen LogP contribution in [0, 0.1) is 11.3 Å². The molecule has 6 heteroatoms. The molecule has 6 nitrogen and oxygen atoms in total. The first-order valence-electron chi connectivity index (χ1n) is 11.4. The van der Waals surface area contributed by atoms with Crippen LogP contribution in [0.4, 0.5) is 5.95 Å². The minimum Gasteiger partial charge on any atom is -0.508 e. The molecule has 3 aromatic rings. The molecule has 1 aliphatic carbocycles. The van der Waals surface area contributed by atoms with Crippen LogP contribution in [0.2, 0.25) is 0 Å². The quantitative estimate of drug-likeness (QED) is 0.546. The Morgan fingerprint density at radius 3 is 2.34 bits per heavy atom. The fraction of sp³-hybridized carbons (Fsp3) is 0.462. The van der Waals surface area contributed by atoms with Gasteiger partial charge in [0.25, 0.3) is 0 Å². The lowest BCUT2D eigenvalue weighted by molar-refractivity contribution is 0.0697. The molecule has 2 N–H and O–H groups in total. The summed E-state index contributed by atoms with van der Waals surface area (Å²) in [5.74, 6) is 0.914. The number of rotatable bonds is 5. The maximum absolute atomic E-state index is 11.2. The van der Waals surface area contributed by atoms with Gasteiger partial charge in [0.15, 0.2) is 0 Å². The maximum atomic E-state index is 11.2. The van der Waals surface area contributed by atoms with Gasteiger partial charge in [-0.05, 0) is 66.8 Å². The van der Waals surface area contributed by atoms with Crippen molar-refractivity contribution in [1.29, 1.82) is 0 Å². The van der Waals surface area contributed by atoms with Crippen molar-refractivity contribution in [3.05, 3.63) is 53.6 Å². The number of aromatic nitrogens is 2. The molecule has 1 saturated carbocycles. The van der Waals surface area contributed by atoms with Gasteiger partial charge in [-0.15, -0.1) is 0 Å². The molecular weight excluding hydrogens is 402 g/mol. The van der Waals surface area contributed by atoms with Crippen LogP contribution in [-0.4, -0.2) is 31.8 Å². The average molecular weight is 436 g/mol. The average Bonchev–Trinajstić information content (AvgIpc) is 3.07. The molecule has 0 unspecified atom stereocenters. The van der Waals surface area contributed by atoms with Crippen LogP contribution in [-0.2, 0) is 13.6 Å². The zero-order valence-electron chi connectivity index (χ0n) is 19.4. The van der Waals surface area contributed by atoms with Crippen molar-refractivity contribution in [2.24, 2.45) is 18.4 Å². The van der Waals surface area contributed by atoms with E-state index in [1.807, 2.05) is 25.2 Å². The van der Waals surface area contributed by atoms with E-state index >= 15 is 0 Å². The molecule has 1 fully saturated rings. The number of phenolic OH excluding ortho intramolecular Hbond substituents is 1. The Balaban J connectivity index is 1.67.